The van der Waals surface area contributed by atoms with Crippen molar-refractivity contribution in [3.8, 4) is 5.75 Å². The number of halogens is 1. The molecule has 1 aromatic rings. The molecule has 1 aliphatic heterocycles. The van der Waals surface area contributed by atoms with Crippen LogP contribution in [0.15, 0.2) is 18.2 Å². The smallest absolute Gasteiger partial charge is 0.310 e. The van der Waals surface area contributed by atoms with E-state index in [4.69, 9.17) is 9.47 Å². The molecule has 2 rings (SSSR count). The van der Waals surface area contributed by atoms with Gasteiger partial charge in [-0.2, -0.15) is 0 Å². The summed E-state index contributed by atoms with van der Waals surface area (Å²) in [6.07, 6.45) is 0. The Morgan fingerprint density at radius 2 is 1.95 bits per heavy atom. The third kappa shape index (κ3) is 3.24. The van der Waals surface area contributed by atoms with Gasteiger partial charge >= 0.3 is 5.97 Å². The summed E-state index contributed by atoms with van der Waals surface area (Å²) in [6, 6.07) is 4.80. The second kappa shape index (κ2) is 6.24. The van der Waals surface area contributed by atoms with Crippen molar-refractivity contribution in [2.24, 2.45) is 5.92 Å². The second-order valence-corrected chi connectivity index (χ2v) is 6.70. The molecule has 0 aromatic heterocycles. The van der Waals surface area contributed by atoms with Gasteiger partial charge in [0.25, 0.3) is 0 Å². The van der Waals surface area contributed by atoms with Gasteiger partial charge in [-0.1, -0.05) is 6.07 Å². The Morgan fingerprint density at radius 3 is 2.45 bits per heavy atom. The van der Waals surface area contributed by atoms with Crippen LogP contribution in [-0.2, 0) is 9.53 Å². The summed E-state index contributed by atoms with van der Waals surface area (Å²) in [5, 5.41) is 0. The summed E-state index contributed by atoms with van der Waals surface area (Å²) in [7, 11) is 2.88. The lowest BCUT2D eigenvalue weighted by molar-refractivity contribution is -0.145. The predicted octanol–water partition coefficient (Wildman–Crippen LogP) is 2.82. The number of carbonyl (C=O) groups excluding carboxylic acids is 1. The van der Waals surface area contributed by atoms with Gasteiger partial charge in [0, 0.05) is 30.6 Å². The Morgan fingerprint density at radius 1 is 1.27 bits per heavy atom. The lowest BCUT2D eigenvalue weighted by Crippen LogP contribution is -2.40. The molecule has 5 heteroatoms. The number of hydrogen-bond acceptors (Lipinski definition) is 4. The summed E-state index contributed by atoms with van der Waals surface area (Å²) >= 11 is 0. The Kier molecular flexibility index (Phi) is 4.75. The molecule has 0 spiro atoms. The van der Waals surface area contributed by atoms with E-state index < -0.39 is 0 Å². The highest BCUT2D eigenvalue weighted by Crippen LogP contribution is 2.38. The fourth-order valence-corrected chi connectivity index (χ4v) is 2.99. The standard InChI is InChI=1S/C17H24FNO3/c1-17(2,3)19-9-13(14(10-19)16(20)22-5)12-7-6-11(21-4)8-15(12)18/h6-8,13-14H,9-10H2,1-5H3. The van der Waals surface area contributed by atoms with Crippen molar-refractivity contribution < 1.29 is 18.7 Å². The van der Waals surface area contributed by atoms with E-state index in [0.717, 1.165) is 0 Å². The van der Waals surface area contributed by atoms with Crippen molar-refractivity contribution >= 4 is 5.97 Å². The SMILES string of the molecule is COC(=O)C1CN(C(C)(C)C)CC1c1ccc(OC)cc1F. The first-order chi connectivity index (χ1) is 10.3. The van der Waals surface area contributed by atoms with Crippen LogP contribution < -0.4 is 4.74 Å². The molecule has 0 radical (unpaired) electrons. The van der Waals surface area contributed by atoms with E-state index in [9.17, 15) is 9.18 Å². The Balaban J connectivity index is 2.35. The number of esters is 1. The van der Waals surface area contributed by atoms with Crippen LogP contribution >= 0.6 is 0 Å². The fourth-order valence-electron chi connectivity index (χ4n) is 2.99. The second-order valence-electron chi connectivity index (χ2n) is 6.70. The normalized spacial score (nSPS) is 22.6. The Hall–Kier alpha value is -1.62. The highest BCUT2D eigenvalue weighted by atomic mass is 19.1. The molecule has 0 aliphatic carbocycles. The third-order valence-corrected chi connectivity index (χ3v) is 4.38. The van der Waals surface area contributed by atoms with Crippen molar-refractivity contribution in [3.05, 3.63) is 29.6 Å². The third-order valence-electron chi connectivity index (χ3n) is 4.38. The highest BCUT2D eigenvalue weighted by Gasteiger charge is 2.43. The molecule has 1 heterocycles. The topological polar surface area (TPSA) is 38.8 Å². The van der Waals surface area contributed by atoms with E-state index in [1.54, 1.807) is 12.1 Å². The van der Waals surface area contributed by atoms with Crippen LogP contribution in [0, 0.1) is 11.7 Å². The molecular weight excluding hydrogens is 285 g/mol. The van der Waals surface area contributed by atoms with Crippen LogP contribution in [0.25, 0.3) is 0 Å². The summed E-state index contributed by atoms with van der Waals surface area (Å²) in [4.78, 5) is 14.3. The molecule has 122 valence electrons. The maximum Gasteiger partial charge on any atom is 0.310 e. The van der Waals surface area contributed by atoms with Crippen molar-refractivity contribution in [1.29, 1.82) is 0 Å². The van der Waals surface area contributed by atoms with Gasteiger partial charge in [-0.15, -0.1) is 0 Å². The average Bonchev–Trinajstić information content (AvgIpc) is 2.91. The molecule has 1 aliphatic rings. The number of methoxy groups -OCH3 is 2. The van der Waals surface area contributed by atoms with Gasteiger partial charge in [0.2, 0.25) is 0 Å². The molecule has 4 nitrogen and oxygen atoms in total. The number of benzene rings is 1. The molecule has 1 fully saturated rings. The van der Waals surface area contributed by atoms with Gasteiger partial charge in [-0.05, 0) is 32.4 Å². The largest absolute Gasteiger partial charge is 0.497 e. The Labute approximate surface area is 131 Å². The van der Waals surface area contributed by atoms with E-state index in [1.165, 1.54) is 20.3 Å². The minimum atomic E-state index is -0.355. The van der Waals surface area contributed by atoms with E-state index >= 15 is 0 Å². The molecule has 1 aromatic carbocycles. The molecule has 22 heavy (non-hydrogen) atoms. The number of carbonyl (C=O) groups is 1. The number of nitrogens with zero attached hydrogens (tertiary/aromatic N) is 1. The van der Waals surface area contributed by atoms with Gasteiger partial charge in [0.05, 0.1) is 20.1 Å². The monoisotopic (exact) mass is 309 g/mol. The average molecular weight is 309 g/mol. The first-order valence-electron chi connectivity index (χ1n) is 7.44. The summed E-state index contributed by atoms with van der Waals surface area (Å²) < 4.78 is 24.4. The first-order valence-corrected chi connectivity index (χ1v) is 7.44. The molecule has 0 N–H and O–H groups in total. The Bertz CT molecular complexity index is 553. The number of likely N-dealkylation sites (tertiary alicyclic amines) is 1. The van der Waals surface area contributed by atoms with Crippen LogP contribution in [-0.4, -0.2) is 43.7 Å². The van der Waals surface area contributed by atoms with Gasteiger partial charge in [0.1, 0.15) is 11.6 Å². The predicted molar refractivity (Wildman–Crippen MR) is 82.5 cm³/mol. The van der Waals surface area contributed by atoms with Gasteiger partial charge in [0.15, 0.2) is 0 Å². The minimum Gasteiger partial charge on any atom is -0.497 e. The van der Waals surface area contributed by atoms with E-state index in [-0.39, 0.29) is 29.2 Å². The molecule has 1 saturated heterocycles. The maximum absolute atomic E-state index is 14.4. The summed E-state index contributed by atoms with van der Waals surface area (Å²) in [5.74, 6) is -0.716. The zero-order valence-corrected chi connectivity index (χ0v) is 13.9. The molecule has 2 unspecified atom stereocenters. The zero-order chi connectivity index (χ0) is 16.5. The van der Waals surface area contributed by atoms with Crippen LogP contribution in [0.5, 0.6) is 5.75 Å². The number of rotatable bonds is 3. The molecule has 0 amide bonds. The van der Waals surface area contributed by atoms with Crippen molar-refractivity contribution in [2.75, 3.05) is 27.3 Å². The van der Waals surface area contributed by atoms with E-state index in [0.29, 0.717) is 24.4 Å². The number of ether oxygens (including phenoxy) is 2. The molecule has 0 bridgehead atoms. The van der Waals surface area contributed by atoms with Crippen LogP contribution in [0.1, 0.15) is 32.3 Å². The quantitative estimate of drug-likeness (QED) is 0.805. The lowest BCUT2D eigenvalue weighted by atomic mass is 9.88. The zero-order valence-electron chi connectivity index (χ0n) is 13.9. The number of hydrogen-bond donors (Lipinski definition) is 0. The van der Waals surface area contributed by atoms with Gasteiger partial charge in [-0.3, -0.25) is 9.69 Å². The van der Waals surface area contributed by atoms with Crippen LogP contribution in [0.4, 0.5) is 4.39 Å². The van der Waals surface area contributed by atoms with E-state index in [1.807, 2.05) is 0 Å². The molecule has 0 saturated carbocycles. The minimum absolute atomic E-state index is 0.0794. The first kappa shape index (κ1) is 16.7. The van der Waals surface area contributed by atoms with Crippen LogP contribution in [0.3, 0.4) is 0 Å². The van der Waals surface area contributed by atoms with Crippen molar-refractivity contribution in [2.45, 2.75) is 32.2 Å². The van der Waals surface area contributed by atoms with Crippen molar-refractivity contribution in [1.82, 2.24) is 4.90 Å². The van der Waals surface area contributed by atoms with Gasteiger partial charge in [-0.25, -0.2) is 4.39 Å². The maximum atomic E-state index is 14.4. The molecule has 2 atom stereocenters. The van der Waals surface area contributed by atoms with E-state index in [2.05, 4.69) is 25.7 Å². The highest BCUT2D eigenvalue weighted by molar-refractivity contribution is 5.74. The summed E-state index contributed by atoms with van der Waals surface area (Å²) in [5.41, 5.74) is 0.465. The molecular formula is C17H24FNO3. The van der Waals surface area contributed by atoms with Crippen LogP contribution in [0.2, 0.25) is 0 Å². The fraction of sp³-hybridized carbons (Fsp3) is 0.588. The van der Waals surface area contributed by atoms with Gasteiger partial charge < -0.3 is 9.47 Å². The summed E-state index contributed by atoms with van der Waals surface area (Å²) in [6.45, 7) is 7.48. The van der Waals surface area contributed by atoms with Crippen molar-refractivity contribution in [3.63, 3.8) is 0 Å². The lowest BCUT2D eigenvalue weighted by Gasteiger charge is -2.31.